The Hall–Kier alpha value is -1.12. The molecule has 1 N–H and O–H groups in total. The van der Waals surface area contributed by atoms with Crippen molar-refractivity contribution in [3.63, 3.8) is 0 Å². The van der Waals surface area contributed by atoms with Gasteiger partial charge >= 0.3 is 0 Å². The summed E-state index contributed by atoms with van der Waals surface area (Å²) in [5.74, 6) is 0. The minimum Gasteiger partial charge on any atom is -0.285 e. The number of hydrogen-bond acceptors (Lipinski definition) is 2. The van der Waals surface area contributed by atoms with E-state index < -0.39 is 0 Å². The summed E-state index contributed by atoms with van der Waals surface area (Å²) in [5.41, 5.74) is 0.458. The van der Waals surface area contributed by atoms with Gasteiger partial charge in [0.2, 0.25) is 6.29 Å². The monoisotopic (exact) mass is 95.0 g/mol. The van der Waals surface area contributed by atoms with Crippen LogP contribution in [0.15, 0.2) is 12.4 Å². The normalized spacial score (nSPS) is 8.57. The molecule has 0 aliphatic heterocycles. The van der Waals surface area contributed by atoms with Gasteiger partial charge in [-0.25, -0.2) is 0 Å². The molecule has 0 bridgehead atoms. The molecule has 0 unspecified atom stereocenters. The third kappa shape index (κ3) is 0.652. The van der Waals surface area contributed by atoms with E-state index in [1.165, 1.54) is 12.4 Å². The summed E-state index contributed by atoms with van der Waals surface area (Å²) in [4.78, 5) is 9.68. The van der Waals surface area contributed by atoms with Gasteiger partial charge in [0.15, 0.2) is 0 Å². The van der Waals surface area contributed by atoms with Crippen LogP contribution in [0.3, 0.4) is 0 Å². The fraction of sp³-hybridized carbons (Fsp3) is 0. The summed E-state index contributed by atoms with van der Waals surface area (Å²) in [6.07, 6.45) is 4.55. The van der Waals surface area contributed by atoms with Gasteiger partial charge in [-0.3, -0.25) is 9.89 Å². The minimum absolute atomic E-state index is 0.458. The molecule has 0 aliphatic rings. The predicted octanol–water partition coefficient (Wildman–Crippen LogP) is -0.133. The van der Waals surface area contributed by atoms with Gasteiger partial charge in [-0.05, 0) is 0 Å². The second-order valence-electron chi connectivity index (χ2n) is 1.09. The van der Waals surface area contributed by atoms with Crippen molar-refractivity contribution in [3.05, 3.63) is 18.0 Å². The molecule has 0 atom stereocenters. The number of aromatic amines is 1. The third-order valence-corrected chi connectivity index (χ3v) is 0.616. The van der Waals surface area contributed by atoms with Gasteiger partial charge in [0.1, 0.15) is 0 Å². The molecule has 0 amide bonds. The van der Waals surface area contributed by atoms with E-state index in [4.69, 9.17) is 0 Å². The lowest BCUT2D eigenvalue weighted by Gasteiger charge is -1.61. The highest BCUT2D eigenvalue weighted by atomic mass is 16.1. The lowest BCUT2D eigenvalue weighted by Crippen LogP contribution is -1.67. The summed E-state index contributed by atoms with van der Waals surface area (Å²) in [5, 5.41) is 5.97. The quantitative estimate of drug-likeness (QED) is 0.528. The smallest absolute Gasteiger partial charge is 0.236 e. The Kier molecular flexibility index (Phi) is 0.898. The molecule has 0 saturated carbocycles. The molecule has 3 nitrogen and oxygen atoms in total. The van der Waals surface area contributed by atoms with Gasteiger partial charge in [-0.1, -0.05) is 0 Å². The number of carbonyl (C=O) groups excluding carboxylic acids is 1. The standard InChI is InChI=1S/C4H3N2O/c7-3-4-1-5-6-2-4/h1-2H,(H,5,6). The number of aromatic nitrogens is 2. The van der Waals surface area contributed by atoms with Gasteiger partial charge in [0.25, 0.3) is 0 Å². The Morgan fingerprint density at radius 2 is 2.71 bits per heavy atom. The number of rotatable bonds is 1. The molecule has 3 heteroatoms. The summed E-state index contributed by atoms with van der Waals surface area (Å²) >= 11 is 0. The number of hydrogen-bond donors (Lipinski definition) is 1. The van der Waals surface area contributed by atoms with Crippen molar-refractivity contribution in [2.24, 2.45) is 0 Å². The predicted molar refractivity (Wildman–Crippen MR) is 23.4 cm³/mol. The maximum Gasteiger partial charge on any atom is 0.236 e. The van der Waals surface area contributed by atoms with Crippen LogP contribution in [0.1, 0.15) is 5.56 Å². The summed E-state index contributed by atoms with van der Waals surface area (Å²) < 4.78 is 0. The summed E-state index contributed by atoms with van der Waals surface area (Å²) in [6.45, 7) is 0. The van der Waals surface area contributed by atoms with Crippen molar-refractivity contribution in [3.8, 4) is 0 Å². The van der Waals surface area contributed by atoms with Crippen molar-refractivity contribution >= 4 is 6.29 Å². The van der Waals surface area contributed by atoms with Crippen LogP contribution in [0.25, 0.3) is 0 Å². The average molecular weight is 95.1 g/mol. The molecule has 1 aromatic heterocycles. The Morgan fingerprint density at radius 1 is 1.86 bits per heavy atom. The Morgan fingerprint density at radius 3 is 3.00 bits per heavy atom. The topological polar surface area (TPSA) is 45.8 Å². The van der Waals surface area contributed by atoms with E-state index in [2.05, 4.69) is 10.2 Å². The highest BCUT2D eigenvalue weighted by molar-refractivity contribution is 5.73. The molecule has 0 aliphatic carbocycles. The molecular formula is C4H3N2O. The molecule has 1 rings (SSSR count). The van der Waals surface area contributed by atoms with E-state index in [0.29, 0.717) is 5.56 Å². The number of nitrogens with zero attached hydrogens (tertiary/aromatic N) is 1. The first-order valence-electron chi connectivity index (χ1n) is 1.80. The van der Waals surface area contributed by atoms with Crippen LogP contribution in [-0.2, 0) is 4.79 Å². The van der Waals surface area contributed by atoms with Gasteiger partial charge in [0.05, 0.1) is 11.8 Å². The second kappa shape index (κ2) is 1.55. The van der Waals surface area contributed by atoms with Crippen LogP contribution in [0.5, 0.6) is 0 Å². The van der Waals surface area contributed by atoms with Gasteiger partial charge in [-0.15, -0.1) is 0 Å². The second-order valence-corrected chi connectivity index (χ2v) is 1.09. The van der Waals surface area contributed by atoms with Crippen molar-refractivity contribution in [1.82, 2.24) is 10.2 Å². The molecule has 0 aromatic carbocycles. The van der Waals surface area contributed by atoms with Crippen LogP contribution in [0.2, 0.25) is 0 Å². The highest BCUT2D eigenvalue weighted by Crippen LogP contribution is 1.83. The first kappa shape index (κ1) is 4.05. The lowest BCUT2D eigenvalue weighted by atomic mass is 10.4. The van der Waals surface area contributed by atoms with Gasteiger partial charge in [0, 0.05) is 6.20 Å². The van der Waals surface area contributed by atoms with Crippen molar-refractivity contribution in [2.75, 3.05) is 0 Å². The first-order valence-corrected chi connectivity index (χ1v) is 1.80. The van der Waals surface area contributed by atoms with Crippen molar-refractivity contribution < 1.29 is 4.79 Å². The molecule has 0 spiro atoms. The molecule has 35 valence electrons. The Bertz CT molecular complexity index is 145. The molecule has 1 radical (unpaired) electrons. The maximum absolute atomic E-state index is 9.68. The van der Waals surface area contributed by atoms with E-state index in [1.807, 2.05) is 0 Å². The zero-order valence-corrected chi connectivity index (χ0v) is 3.51. The fourth-order valence-electron chi connectivity index (χ4n) is 0.307. The number of nitrogens with one attached hydrogen (secondary N) is 1. The van der Waals surface area contributed by atoms with E-state index >= 15 is 0 Å². The maximum atomic E-state index is 9.68. The van der Waals surface area contributed by atoms with Crippen LogP contribution in [0.4, 0.5) is 0 Å². The molecule has 1 heterocycles. The van der Waals surface area contributed by atoms with Crippen LogP contribution in [0, 0.1) is 0 Å². The Balaban J connectivity index is 2.96. The zero-order chi connectivity index (χ0) is 5.11. The van der Waals surface area contributed by atoms with Gasteiger partial charge < -0.3 is 0 Å². The summed E-state index contributed by atoms with van der Waals surface area (Å²) in [7, 11) is 0. The van der Waals surface area contributed by atoms with Crippen LogP contribution < -0.4 is 0 Å². The molecule has 7 heavy (non-hydrogen) atoms. The largest absolute Gasteiger partial charge is 0.285 e. The van der Waals surface area contributed by atoms with Crippen LogP contribution in [-0.4, -0.2) is 16.5 Å². The molecule has 1 aromatic rings. The molecule has 0 fully saturated rings. The highest BCUT2D eigenvalue weighted by Gasteiger charge is 1.85. The van der Waals surface area contributed by atoms with E-state index in [1.54, 1.807) is 6.29 Å². The van der Waals surface area contributed by atoms with Crippen LogP contribution >= 0.6 is 0 Å². The van der Waals surface area contributed by atoms with Gasteiger partial charge in [-0.2, -0.15) is 5.10 Å². The average Bonchev–Trinajstić information content (AvgIpc) is 2.14. The molecule has 0 saturated heterocycles. The van der Waals surface area contributed by atoms with E-state index in [9.17, 15) is 4.79 Å². The third-order valence-electron chi connectivity index (χ3n) is 0.616. The van der Waals surface area contributed by atoms with E-state index in [0.717, 1.165) is 0 Å². The first-order chi connectivity index (χ1) is 3.43. The zero-order valence-electron chi connectivity index (χ0n) is 3.51. The minimum atomic E-state index is 0.458. The fourth-order valence-corrected chi connectivity index (χ4v) is 0.307. The summed E-state index contributed by atoms with van der Waals surface area (Å²) in [6, 6.07) is 0. The SMILES string of the molecule is O=[C]c1cn[nH]c1. The van der Waals surface area contributed by atoms with Crippen molar-refractivity contribution in [2.45, 2.75) is 0 Å². The molecular weight excluding hydrogens is 92.1 g/mol. The van der Waals surface area contributed by atoms with Crippen molar-refractivity contribution in [1.29, 1.82) is 0 Å². The van der Waals surface area contributed by atoms with E-state index in [-0.39, 0.29) is 0 Å². The lowest BCUT2D eigenvalue weighted by molar-refractivity contribution is 0.563. The Labute approximate surface area is 40.4 Å². The number of H-pyrrole nitrogens is 1.